The molecule has 2 fully saturated rings. The van der Waals surface area contributed by atoms with Gasteiger partial charge in [-0.1, -0.05) is 26.0 Å². The Kier molecular flexibility index (Phi) is 7.78. The lowest BCUT2D eigenvalue weighted by atomic mass is 10.0. The van der Waals surface area contributed by atoms with Crippen molar-refractivity contribution in [2.24, 2.45) is 5.92 Å². The van der Waals surface area contributed by atoms with Crippen LogP contribution in [0.4, 0.5) is 10.5 Å². The first kappa shape index (κ1) is 21.9. The summed E-state index contributed by atoms with van der Waals surface area (Å²) in [7, 11) is 0. The summed E-state index contributed by atoms with van der Waals surface area (Å²) in [6.45, 7) is 16.4. The summed E-state index contributed by atoms with van der Waals surface area (Å²) in [6.07, 6.45) is 1.10. The van der Waals surface area contributed by atoms with Crippen LogP contribution in [0.3, 0.4) is 0 Å². The molecule has 2 aliphatic heterocycles. The van der Waals surface area contributed by atoms with Crippen LogP contribution in [0.15, 0.2) is 18.2 Å². The molecule has 3 rings (SSSR count). The topological polar surface area (TPSA) is 48.0 Å². The van der Waals surface area contributed by atoms with E-state index in [0.717, 1.165) is 58.9 Å². The maximum Gasteiger partial charge on any atom is 0.317 e. The molecule has 2 amide bonds. The molecule has 0 radical (unpaired) electrons. The Hall–Kier alpha value is -1.79. The second-order valence-electron chi connectivity index (χ2n) is 8.81. The lowest BCUT2D eigenvalue weighted by molar-refractivity contribution is 0.0127. The first-order valence-electron chi connectivity index (χ1n) is 11.1. The average molecular weight is 403 g/mol. The highest BCUT2D eigenvalue weighted by atomic mass is 16.5. The monoisotopic (exact) mass is 402 g/mol. The fourth-order valence-electron chi connectivity index (χ4n) is 4.39. The number of carbonyl (C=O) groups excluding carboxylic acids is 1. The number of hydrogen-bond acceptors (Lipinski definition) is 4. The zero-order valence-electron chi connectivity index (χ0n) is 18.6. The third kappa shape index (κ3) is 5.86. The van der Waals surface area contributed by atoms with Crippen molar-refractivity contribution in [3.8, 4) is 0 Å². The van der Waals surface area contributed by atoms with Gasteiger partial charge in [-0.15, -0.1) is 0 Å². The number of nitrogens with one attached hydrogen (secondary N) is 1. The van der Waals surface area contributed by atoms with E-state index < -0.39 is 0 Å². The zero-order valence-corrected chi connectivity index (χ0v) is 18.6. The van der Waals surface area contributed by atoms with Crippen molar-refractivity contribution in [3.05, 3.63) is 29.3 Å². The summed E-state index contributed by atoms with van der Waals surface area (Å²) in [5, 5.41) is 3.22. The van der Waals surface area contributed by atoms with Crippen molar-refractivity contribution in [3.63, 3.8) is 0 Å². The fourth-order valence-corrected chi connectivity index (χ4v) is 4.39. The number of piperazine rings is 1. The Balaban J connectivity index is 1.50. The van der Waals surface area contributed by atoms with Crippen molar-refractivity contribution in [1.29, 1.82) is 0 Å². The molecule has 29 heavy (non-hydrogen) atoms. The molecular weight excluding hydrogens is 364 g/mol. The lowest BCUT2D eigenvalue weighted by Crippen LogP contribution is -2.55. The van der Waals surface area contributed by atoms with Crippen LogP contribution in [0.25, 0.3) is 0 Å². The third-order valence-corrected chi connectivity index (χ3v) is 6.28. The minimum absolute atomic E-state index is 0.0765. The second-order valence-corrected chi connectivity index (χ2v) is 8.81. The van der Waals surface area contributed by atoms with E-state index in [0.29, 0.717) is 18.5 Å². The number of carbonyl (C=O) groups is 1. The smallest absolute Gasteiger partial charge is 0.317 e. The summed E-state index contributed by atoms with van der Waals surface area (Å²) >= 11 is 0. The molecule has 162 valence electrons. The SMILES string of the molecule is Cc1cccc(N2CCN(C(=O)NCC(CC(C)C)N3CCOCC3)CC2)c1C. The van der Waals surface area contributed by atoms with Gasteiger partial charge >= 0.3 is 6.03 Å². The molecule has 0 saturated carbocycles. The summed E-state index contributed by atoms with van der Waals surface area (Å²) in [4.78, 5) is 19.6. The number of aryl methyl sites for hydroxylation is 1. The number of ether oxygens (including phenoxy) is 1. The highest BCUT2D eigenvalue weighted by molar-refractivity contribution is 5.74. The largest absolute Gasteiger partial charge is 0.379 e. The lowest BCUT2D eigenvalue weighted by Gasteiger charge is -2.38. The van der Waals surface area contributed by atoms with Gasteiger partial charge in [0.2, 0.25) is 0 Å². The Bertz CT molecular complexity index is 665. The number of urea groups is 1. The number of benzene rings is 1. The molecule has 2 aliphatic rings. The normalized spacial score (nSPS) is 19.5. The van der Waals surface area contributed by atoms with Crippen molar-refractivity contribution in [1.82, 2.24) is 15.1 Å². The molecule has 2 heterocycles. The minimum atomic E-state index is 0.0765. The summed E-state index contributed by atoms with van der Waals surface area (Å²) in [5.74, 6) is 0.612. The highest BCUT2D eigenvalue weighted by Gasteiger charge is 2.25. The standard InChI is InChI=1S/C23H38N4O2/c1-18(2)16-21(25-12-14-29-15-13-25)17-24-23(28)27-10-8-26(9-11-27)22-7-5-6-19(3)20(22)4/h5-7,18,21H,8-17H2,1-4H3,(H,24,28). The van der Waals surface area contributed by atoms with Crippen LogP contribution < -0.4 is 10.2 Å². The van der Waals surface area contributed by atoms with E-state index >= 15 is 0 Å². The van der Waals surface area contributed by atoms with E-state index in [1.807, 2.05) is 4.90 Å². The van der Waals surface area contributed by atoms with Gasteiger partial charge in [0.15, 0.2) is 0 Å². The van der Waals surface area contributed by atoms with Crippen LogP contribution in [0.5, 0.6) is 0 Å². The maximum atomic E-state index is 12.8. The van der Waals surface area contributed by atoms with Gasteiger partial charge < -0.3 is 19.9 Å². The molecular formula is C23H38N4O2. The molecule has 6 heteroatoms. The second kappa shape index (κ2) is 10.3. The first-order valence-corrected chi connectivity index (χ1v) is 11.1. The summed E-state index contributed by atoms with van der Waals surface area (Å²) < 4.78 is 5.50. The Labute approximate surface area is 176 Å². The molecule has 0 spiro atoms. The highest BCUT2D eigenvalue weighted by Crippen LogP contribution is 2.24. The quantitative estimate of drug-likeness (QED) is 0.795. The van der Waals surface area contributed by atoms with Gasteiger partial charge in [0, 0.05) is 57.5 Å². The summed E-state index contributed by atoms with van der Waals surface area (Å²) in [6, 6.07) is 6.94. The van der Waals surface area contributed by atoms with Crippen molar-refractivity contribution < 1.29 is 9.53 Å². The molecule has 1 aromatic carbocycles. The molecule has 2 saturated heterocycles. The Morgan fingerprint density at radius 2 is 1.76 bits per heavy atom. The van der Waals surface area contributed by atoms with Gasteiger partial charge in [-0.2, -0.15) is 0 Å². The molecule has 1 aromatic rings. The van der Waals surface area contributed by atoms with Crippen molar-refractivity contribution in [2.45, 2.75) is 40.2 Å². The molecule has 1 N–H and O–H groups in total. The van der Waals surface area contributed by atoms with Crippen LogP contribution in [-0.4, -0.2) is 80.9 Å². The van der Waals surface area contributed by atoms with Gasteiger partial charge in [0.1, 0.15) is 0 Å². The van der Waals surface area contributed by atoms with E-state index in [9.17, 15) is 4.79 Å². The van der Waals surface area contributed by atoms with Crippen LogP contribution >= 0.6 is 0 Å². The fraction of sp³-hybridized carbons (Fsp3) is 0.696. The zero-order chi connectivity index (χ0) is 20.8. The Morgan fingerprint density at radius 3 is 2.41 bits per heavy atom. The van der Waals surface area contributed by atoms with E-state index in [-0.39, 0.29) is 6.03 Å². The van der Waals surface area contributed by atoms with Crippen molar-refractivity contribution >= 4 is 11.7 Å². The van der Waals surface area contributed by atoms with Crippen LogP contribution in [-0.2, 0) is 4.74 Å². The number of morpholine rings is 1. The number of amides is 2. The molecule has 0 aromatic heterocycles. The van der Waals surface area contributed by atoms with Gasteiger partial charge in [-0.3, -0.25) is 4.90 Å². The van der Waals surface area contributed by atoms with Gasteiger partial charge in [0.05, 0.1) is 13.2 Å². The van der Waals surface area contributed by atoms with E-state index in [1.165, 1.54) is 16.8 Å². The van der Waals surface area contributed by atoms with Crippen LogP contribution in [0, 0.1) is 19.8 Å². The average Bonchev–Trinajstić information content (AvgIpc) is 2.73. The predicted octanol–water partition coefficient (Wildman–Crippen LogP) is 2.88. The number of hydrogen-bond donors (Lipinski definition) is 1. The maximum absolute atomic E-state index is 12.8. The molecule has 1 unspecified atom stereocenters. The van der Waals surface area contributed by atoms with Crippen LogP contribution in [0.2, 0.25) is 0 Å². The predicted molar refractivity (Wildman–Crippen MR) is 119 cm³/mol. The van der Waals surface area contributed by atoms with E-state index in [4.69, 9.17) is 4.74 Å². The molecule has 0 aliphatic carbocycles. The third-order valence-electron chi connectivity index (χ3n) is 6.28. The van der Waals surface area contributed by atoms with E-state index in [1.54, 1.807) is 0 Å². The number of anilines is 1. The Morgan fingerprint density at radius 1 is 1.07 bits per heavy atom. The van der Waals surface area contributed by atoms with Gasteiger partial charge in [-0.05, 0) is 43.4 Å². The van der Waals surface area contributed by atoms with Gasteiger partial charge in [-0.25, -0.2) is 4.79 Å². The minimum Gasteiger partial charge on any atom is -0.379 e. The molecule has 1 atom stereocenters. The summed E-state index contributed by atoms with van der Waals surface area (Å²) in [5.41, 5.74) is 3.96. The molecule has 6 nitrogen and oxygen atoms in total. The molecule has 0 bridgehead atoms. The van der Waals surface area contributed by atoms with E-state index in [2.05, 4.69) is 61.0 Å². The number of nitrogens with zero attached hydrogens (tertiary/aromatic N) is 3. The number of rotatable bonds is 6. The van der Waals surface area contributed by atoms with Crippen molar-refractivity contribution in [2.75, 3.05) is 63.9 Å². The van der Waals surface area contributed by atoms with Gasteiger partial charge in [0.25, 0.3) is 0 Å². The van der Waals surface area contributed by atoms with Crippen LogP contribution in [0.1, 0.15) is 31.4 Å². The first-order chi connectivity index (χ1) is 14.0.